The molecule has 0 aliphatic carbocycles. The molecule has 0 aliphatic heterocycles. The maximum atomic E-state index is 13.9. The number of phenolic OH excluding ortho intramolecular Hbond substituents is 1. The van der Waals surface area contributed by atoms with E-state index < -0.39 is 65.7 Å². The van der Waals surface area contributed by atoms with E-state index in [1.807, 2.05) is 0 Å². The molecule has 2 rings (SSSR count). The smallest absolute Gasteiger partial charge is 0.326 e. The standard InChI is InChI=1S/C35H52N10O8/c36-17-5-4-9-24(37)30(48)44-27(20-22-11-13-23(46)14-12-22)33(51)45-28(19-21-7-2-1-3-8-21)32(50)42-25(15-16-29(38)47)31(49)43-26(34(52)53)10-6-18-41-35(39)40/h1-3,7-8,11-14,24-28,46H,4-6,9-10,15-20,36-37H2,(H2,38,47)(H,42,50)(H,43,49)(H,44,48)(H,45,51)(H,52,53)(H4,39,40,41). The number of aliphatic carboxylic acids is 1. The Morgan fingerprint density at radius 1 is 0.642 bits per heavy atom. The monoisotopic (exact) mass is 740 g/mol. The minimum absolute atomic E-state index is 0.00384. The van der Waals surface area contributed by atoms with E-state index in [0.29, 0.717) is 36.9 Å². The summed E-state index contributed by atoms with van der Waals surface area (Å²) in [6.07, 6.45) is 1.04. The Hall–Kier alpha value is -5.75. The van der Waals surface area contributed by atoms with Gasteiger partial charge in [0.2, 0.25) is 29.5 Å². The summed E-state index contributed by atoms with van der Waals surface area (Å²) in [5.74, 6) is -5.38. The van der Waals surface area contributed by atoms with E-state index in [2.05, 4.69) is 26.3 Å². The van der Waals surface area contributed by atoms with Crippen LogP contribution in [0.25, 0.3) is 0 Å². The van der Waals surface area contributed by atoms with Crippen LogP contribution in [0.4, 0.5) is 0 Å². The van der Waals surface area contributed by atoms with Gasteiger partial charge < -0.3 is 60.1 Å². The summed E-state index contributed by atoms with van der Waals surface area (Å²) < 4.78 is 0. The first-order valence-electron chi connectivity index (χ1n) is 17.3. The molecule has 0 aromatic heterocycles. The number of carboxylic acids is 1. The van der Waals surface area contributed by atoms with Gasteiger partial charge in [0.15, 0.2) is 5.96 Å². The van der Waals surface area contributed by atoms with Gasteiger partial charge in [-0.3, -0.25) is 29.0 Å². The number of nitrogens with zero attached hydrogens (tertiary/aromatic N) is 1. The van der Waals surface area contributed by atoms with Gasteiger partial charge in [-0.1, -0.05) is 48.9 Å². The zero-order chi connectivity index (χ0) is 39.3. The maximum absolute atomic E-state index is 13.9. The second kappa shape index (κ2) is 22.9. The van der Waals surface area contributed by atoms with E-state index in [-0.39, 0.29) is 56.8 Å². The van der Waals surface area contributed by atoms with Crippen LogP contribution < -0.4 is 49.9 Å². The fourth-order valence-electron chi connectivity index (χ4n) is 5.19. The van der Waals surface area contributed by atoms with Gasteiger partial charge in [0, 0.05) is 25.8 Å². The lowest BCUT2D eigenvalue weighted by molar-refractivity contribution is -0.142. The third kappa shape index (κ3) is 16.9. The second-order valence-corrected chi connectivity index (χ2v) is 12.5. The summed E-state index contributed by atoms with van der Waals surface area (Å²) in [4.78, 5) is 81.7. The third-order valence-electron chi connectivity index (χ3n) is 8.10. The zero-order valence-corrected chi connectivity index (χ0v) is 29.5. The average Bonchev–Trinajstić information content (AvgIpc) is 3.11. The summed E-state index contributed by atoms with van der Waals surface area (Å²) in [5, 5.41) is 29.7. The predicted octanol–water partition coefficient (Wildman–Crippen LogP) is -2.02. The molecule has 0 fully saturated rings. The van der Waals surface area contributed by atoms with Crippen LogP contribution in [0.15, 0.2) is 59.6 Å². The van der Waals surface area contributed by atoms with Crippen LogP contribution in [0.1, 0.15) is 56.1 Å². The van der Waals surface area contributed by atoms with Gasteiger partial charge in [-0.2, -0.15) is 0 Å². The SMILES string of the molecule is NCCCCC(N)C(=O)NC(Cc1ccc(O)cc1)C(=O)NC(Cc1ccccc1)C(=O)NC(CCC(N)=O)C(=O)NC(CCCN=C(N)N)C(=O)O. The molecule has 2 aromatic rings. The number of amides is 5. The number of primary amides is 1. The molecule has 0 aliphatic rings. The topological polar surface area (TPSA) is 333 Å². The van der Waals surface area contributed by atoms with Crippen LogP contribution in [0, 0.1) is 0 Å². The molecule has 53 heavy (non-hydrogen) atoms. The summed E-state index contributed by atoms with van der Waals surface area (Å²) in [5.41, 5.74) is 28.8. The highest BCUT2D eigenvalue weighted by molar-refractivity contribution is 5.96. The number of unbranched alkanes of at least 4 members (excludes halogenated alkanes) is 1. The number of benzene rings is 2. The first-order chi connectivity index (χ1) is 25.2. The molecular formula is C35H52N10O8. The number of nitrogens with two attached hydrogens (primary N) is 5. The maximum Gasteiger partial charge on any atom is 0.326 e. The normalized spacial score (nSPS) is 13.6. The van der Waals surface area contributed by atoms with Gasteiger partial charge in [0.1, 0.15) is 29.9 Å². The first kappa shape index (κ1) is 43.4. The van der Waals surface area contributed by atoms with Crippen molar-refractivity contribution in [3.05, 3.63) is 65.7 Å². The van der Waals surface area contributed by atoms with Gasteiger partial charge in [0.25, 0.3) is 0 Å². The summed E-state index contributed by atoms with van der Waals surface area (Å²) in [6.45, 7) is 0.538. The Morgan fingerprint density at radius 3 is 1.72 bits per heavy atom. The molecular weight excluding hydrogens is 688 g/mol. The molecule has 0 bridgehead atoms. The number of aliphatic imine (C=N–C) groups is 1. The van der Waals surface area contributed by atoms with Crippen molar-refractivity contribution in [3.8, 4) is 5.75 Å². The number of carboxylic acid groups (broad SMARTS) is 1. The molecule has 290 valence electrons. The van der Waals surface area contributed by atoms with Crippen molar-refractivity contribution in [2.75, 3.05) is 13.1 Å². The quantitative estimate of drug-likeness (QED) is 0.0316. The molecule has 0 radical (unpaired) electrons. The Labute approximate surface area is 307 Å². The molecule has 5 unspecified atom stereocenters. The summed E-state index contributed by atoms with van der Waals surface area (Å²) >= 11 is 0. The molecule has 0 saturated carbocycles. The number of hydrogen-bond acceptors (Lipinski definition) is 10. The van der Waals surface area contributed by atoms with Gasteiger partial charge in [-0.25, -0.2) is 4.79 Å². The Bertz CT molecular complexity index is 1540. The van der Waals surface area contributed by atoms with Gasteiger partial charge in [-0.05, 0) is 61.9 Å². The van der Waals surface area contributed by atoms with Crippen molar-refractivity contribution < 1.29 is 39.0 Å². The van der Waals surface area contributed by atoms with Crippen molar-refractivity contribution in [2.45, 2.75) is 88.0 Å². The summed E-state index contributed by atoms with van der Waals surface area (Å²) in [7, 11) is 0. The number of carbonyl (C=O) groups excluding carboxylic acids is 5. The number of guanidine groups is 1. The van der Waals surface area contributed by atoms with Gasteiger partial charge in [-0.15, -0.1) is 0 Å². The highest BCUT2D eigenvalue weighted by atomic mass is 16.4. The minimum Gasteiger partial charge on any atom is -0.508 e. The Kier molecular flexibility index (Phi) is 18.8. The number of phenols is 1. The van der Waals surface area contributed by atoms with Crippen LogP contribution in [0.5, 0.6) is 5.75 Å². The molecule has 0 spiro atoms. The van der Waals surface area contributed by atoms with Crippen LogP contribution >= 0.6 is 0 Å². The van der Waals surface area contributed by atoms with Gasteiger partial charge >= 0.3 is 5.97 Å². The number of carbonyl (C=O) groups is 6. The van der Waals surface area contributed by atoms with E-state index in [1.54, 1.807) is 42.5 Å². The minimum atomic E-state index is -1.43. The van der Waals surface area contributed by atoms with Gasteiger partial charge in [0.05, 0.1) is 6.04 Å². The molecule has 0 saturated heterocycles. The van der Waals surface area contributed by atoms with Crippen LogP contribution in [-0.4, -0.2) is 95.0 Å². The highest BCUT2D eigenvalue weighted by Gasteiger charge is 2.32. The molecule has 0 heterocycles. The first-order valence-corrected chi connectivity index (χ1v) is 17.3. The van der Waals surface area contributed by atoms with E-state index in [1.165, 1.54) is 12.1 Å². The largest absolute Gasteiger partial charge is 0.508 e. The zero-order valence-electron chi connectivity index (χ0n) is 29.5. The Balaban J connectivity index is 2.36. The fourth-order valence-corrected chi connectivity index (χ4v) is 5.19. The van der Waals surface area contributed by atoms with Crippen LogP contribution in [0.2, 0.25) is 0 Å². The van der Waals surface area contributed by atoms with E-state index in [4.69, 9.17) is 28.7 Å². The van der Waals surface area contributed by atoms with E-state index in [9.17, 15) is 39.0 Å². The highest BCUT2D eigenvalue weighted by Crippen LogP contribution is 2.13. The Morgan fingerprint density at radius 2 is 1.17 bits per heavy atom. The van der Waals surface area contributed by atoms with Crippen molar-refractivity contribution in [2.24, 2.45) is 33.7 Å². The lowest BCUT2D eigenvalue weighted by atomic mass is 10.0. The number of hydrogen-bond donors (Lipinski definition) is 11. The van der Waals surface area contributed by atoms with Crippen molar-refractivity contribution in [1.82, 2.24) is 21.3 Å². The van der Waals surface area contributed by atoms with E-state index in [0.717, 1.165) is 0 Å². The number of aromatic hydroxyl groups is 1. The lowest BCUT2D eigenvalue weighted by Gasteiger charge is -2.26. The van der Waals surface area contributed by atoms with Crippen molar-refractivity contribution in [3.63, 3.8) is 0 Å². The van der Waals surface area contributed by atoms with Crippen molar-refractivity contribution in [1.29, 1.82) is 0 Å². The molecule has 18 nitrogen and oxygen atoms in total. The lowest BCUT2D eigenvalue weighted by Crippen LogP contribution is -2.59. The number of rotatable bonds is 24. The van der Waals surface area contributed by atoms with Crippen LogP contribution in [0.3, 0.4) is 0 Å². The summed E-state index contributed by atoms with van der Waals surface area (Å²) in [6, 6.07) is 8.38. The molecule has 2 aromatic carbocycles. The van der Waals surface area contributed by atoms with Crippen molar-refractivity contribution >= 4 is 41.5 Å². The van der Waals surface area contributed by atoms with Crippen LogP contribution in [-0.2, 0) is 41.6 Å². The van der Waals surface area contributed by atoms with E-state index >= 15 is 0 Å². The third-order valence-corrected chi connectivity index (χ3v) is 8.10. The molecule has 18 heteroatoms. The second-order valence-electron chi connectivity index (χ2n) is 12.5. The molecule has 5 amide bonds. The molecule has 16 N–H and O–H groups in total. The fraction of sp³-hybridized carbons (Fsp3) is 0.457. The predicted molar refractivity (Wildman–Crippen MR) is 197 cm³/mol. The average molecular weight is 741 g/mol. The molecule has 5 atom stereocenters. The number of nitrogens with one attached hydrogen (secondary N) is 4.